The van der Waals surface area contributed by atoms with Crippen LogP contribution in [0.15, 0.2) is 36.7 Å². The number of anilines is 1. The largest absolute Gasteiger partial charge is 0.361 e. The van der Waals surface area contributed by atoms with E-state index >= 15 is 0 Å². The van der Waals surface area contributed by atoms with Gasteiger partial charge in [-0.2, -0.15) is 0 Å². The smallest absolute Gasteiger partial charge is 0.290 e. The van der Waals surface area contributed by atoms with Crippen molar-refractivity contribution in [2.75, 3.05) is 18.0 Å². The number of hydrogen-bond donors (Lipinski definition) is 3. The molecule has 144 valence electrons. The van der Waals surface area contributed by atoms with Gasteiger partial charge >= 0.3 is 0 Å². The van der Waals surface area contributed by atoms with Crippen LogP contribution in [0.5, 0.6) is 0 Å². The first-order valence-electron chi connectivity index (χ1n) is 9.03. The number of hydrogen-bond acceptors (Lipinski definition) is 5. The Labute approximate surface area is 166 Å². The molecule has 0 spiro atoms. The molecule has 8 nitrogen and oxygen atoms in total. The number of H-pyrrole nitrogens is 1. The first-order chi connectivity index (χ1) is 13.6. The third-order valence-corrected chi connectivity index (χ3v) is 4.95. The van der Waals surface area contributed by atoms with Gasteiger partial charge in [0.05, 0.1) is 17.6 Å². The molecule has 0 aliphatic carbocycles. The number of benzene rings is 1. The van der Waals surface area contributed by atoms with Gasteiger partial charge in [-0.25, -0.2) is 9.97 Å². The van der Waals surface area contributed by atoms with Gasteiger partial charge in [0.1, 0.15) is 0 Å². The number of amides is 2. The average molecular weight is 399 g/mol. The van der Waals surface area contributed by atoms with Crippen molar-refractivity contribution in [3.8, 4) is 0 Å². The number of carbonyl (C=O) groups is 2. The zero-order valence-corrected chi connectivity index (χ0v) is 15.8. The Morgan fingerprint density at radius 2 is 1.96 bits per heavy atom. The molecule has 0 unspecified atom stereocenters. The molecule has 3 heterocycles. The van der Waals surface area contributed by atoms with Gasteiger partial charge < -0.3 is 9.88 Å². The zero-order valence-electron chi connectivity index (χ0n) is 15.0. The number of aromatic amines is 1. The highest BCUT2D eigenvalue weighted by Crippen LogP contribution is 2.20. The number of nitrogens with zero attached hydrogens (tertiary/aromatic N) is 3. The lowest BCUT2D eigenvalue weighted by Crippen LogP contribution is -2.43. The summed E-state index contributed by atoms with van der Waals surface area (Å²) in [5.41, 5.74) is 6.63. The summed E-state index contributed by atoms with van der Waals surface area (Å²) in [6.07, 6.45) is 5.45. The maximum Gasteiger partial charge on any atom is 0.290 e. The Kier molecular flexibility index (Phi) is 5.12. The number of rotatable bonds is 4. The molecule has 1 aliphatic rings. The average Bonchev–Trinajstić information content (AvgIpc) is 3.37. The molecule has 0 saturated carbocycles. The van der Waals surface area contributed by atoms with Crippen LogP contribution < -0.4 is 15.8 Å². The predicted molar refractivity (Wildman–Crippen MR) is 106 cm³/mol. The van der Waals surface area contributed by atoms with Crippen molar-refractivity contribution < 1.29 is 9.59 Å². The Morgan fingerprint density at radius 3 is 2.79 bits per heavy atom. The van der Waals surface area contributed by atoms with E-state index in [0.717, 1.165) is 42.4 Å². The number of fused-ring (bicyclic) bond motifs is 1. The van der Waals surface area contributed by atoms with E-state index in [1.165, 1.54) is 6.20 Å². The summed E-state index contributed by atoms with van der Waals surface area (Å²) in [4.78, 5) is 38.2. The molecule has 28 heavy (non-hydrogen) atoms. The number of halogens is 1. The Morgan fingerprint density at radius 1 is 1.18 bits per heavy atom. The topological polar surface area (TPSA) is 103 Å². The monoisotopic (exact) mass is 398 g/mol. The number of nitrogens with one attached hydrogen (secondary N) is 3. The van der Waals surface area contributed by atoms with Crippen LogP contribution in [0.3, 0.4) is 0 Å². The lowest BCUT2D eigenvalue weighted by atomic mass is 10.1. The van der Waals surface area contributed by atoms with Gasteiger partial charge in [-0.3, -0.25) is 20.4 Å². The van der Waals surface area contributed by atoms with E-state index in [0.29, 0.717) is 5.95 Å². The Balaban J connectivity index is 1.40. The molecule has 1 aromatic carbocycles. The molecular weight excluding hydrogens is 380 g/mol. The van der Waals surface area contributed by atoms with Crippen LogP contribution in [0.25, 0.3) is 10.9 Å². The summed E-state index contributed by atoms with van der Waals surface area (Å²) in [7, 11) is 0. The minimum atomic E-state index is -0.583. The van der Waals surface area contributed by atoms with Crippen molar-refractivity contribution in [2.45, 2.75) is 19.3 Å². The van der Waals surface area contributed by atoms with Crippen LogP contribution in [-0.2, 0) is 11.2 Å². The SMILES string of the molecule is O=C(Cc1c[nH]c2ccccc12)NNC(=O)c1nc(N2CCCC2)ncc1Cl. The molecular formula is C19H19ClN6O2. The van der Waals surface area contributed by atoms with Crippen LogP contribution in [0.4, 0.5) is 5.95 Å². The van der Waals surface area contributed by atoms with E-state index in [1.54, 1.807) is 6.20 Å². The quantitative estimate of drug-likeness (QED) is 0.585. The normalized spacial score (nSPS) is 13.7. The summed E-state index contributed by atoms with van der Waals surface area (Å²) >= 11 is 6.07. The molecule has 4 rings (SSSR count). The summed E-state index contributed by atoms with van der Waals surface area (Å²) in [6, 6.07) is 7.71. The van der Waals surface area contributed by atoms with E-state index in [4.69, 9.17) is 11.6 Å². The van der Waals surface area contributed by atoms with E-state index < -0.39 is 5.91 Å². The summed E-state index contributed by atoms with van der Waals surface area (Å²) in [6.45, 7) is 1.70. The van der Waals surface area contributed by atoms with Crippen molar-refractivity contribution in [2.24, 2.45) is 0 Å². The molecule has 0 bridgehead atoms. The number of hydrazine groups is 1. The van der Waals surface area contributed by atoms with Crippen molar-refractivity contribution in [3.63, 3.8) is 0 Å². The van der Waals surface area contributed by atoms with Gasteiger partial charge in [0, 0.05) is 30.2 Å². The molecule has 2 amide bonds. The standard InChI is InChI=1S/C19H19ClN6O2/c20-14-11-22-19(26-7-3-4-8-26)23-17(14)18(28)25-24-16(27)9-12-10-21-15-6-2-1-5-13(12)15/h1-2,5-6,10-11,21H,3-4,7-9H2,(H,24,27)(H,25,28). The molecule has 3 aromatic rings. The zero-order chi connectivity index (χ0) is 19.5. The molecule has 1 fully saturated rings. The number of para-hydroxylation sites is 1. The maximum atomic E-state index is 12.4. The second kappa shape index (κ2) is 7.85. The molecule has 3 N–H and O–H groups in total. The lowest BCUT2D eigenvalue weighted by molar-refractivity contribution is -0.121. The molecule has 0 atom stereocenters. The predicted octanol–water partition coefficient (Wildman–Crippen LogP) is 2.22. The first kappa shape index (κ1) is 18.2. The highest BCUT2D eigenvalue weighted by atomic mass is 35.5. The van der Waals surface area contributed by atoms with Gasteiger partial charge in [0.25, 0.3) is 5.91 Å². The van der Waals surface area contributed by atoms with Gasteiger partial charge in [-0.05, 0) is 24.5 Å². The molecule has 1 saturated heterocycles. The van der Waals surface area contributed by atoms with Crippen LogP contribution in [0.1, 0.15) is 28.9 Å². The molecule has 1 aliphatic heterocycles. The van der Waals surface area contributed by atoms with E-state index in [-0.39, 0.29) is 23.0 Å². The van der Waals surface area contributed by atoms with Gasteiger partial charge in [-0.15, -0.1) is 0 Å². The summed E-state index contributed by atoms with van der Waals surface area (Å²) in [5, 5.41) is 1.10. The second-order valence-corrected chi connectivity index (χ2v) is 7.01. The molecule has 9 heteroatoms. The van der Waals surface area contributed by atoms with Crippen molar-refractivity contribution >= 4 is 40.3 Å². The minimum absolute atomic E-state index is 0.0333. The Bertz CT molecular complexity index is 1030. The summed E-state index contributed by atoms with van der Waals surface area (Å²) in [5.74, 6) is -0.458. The van der Waals surface area contributed by atoms with Gasteiger partial charge in [0.2, 0.25) is 11.9 Å². The highest BCUT2D eigenvalue weighted by molar-refractivity contribution is 6.33. The van der Waals surface area contributed by atoms with Crippen LogP contribution in [-0.4, -0.2) is 39.9 Å². The molecule has 0 radical (unpaired) electrons. The van der Waals surface area contributed by atoms with Crippen molar-refractivity contribution in [3.05, 3.63) is 52.9 Å². The Hall–Kier alpha value is -3.13. The third-order valence-electron chi connectivity index (χ3n) is 4.68. The fraction of sp³-hybridized carbons (Fsp3) is 0.263. The highest BCUT2D eigenvalue weighted by Gasteiger charge is 2.20. The fourth-order valence-electron chi connectivity index (χ4n) is 3.27. The molecule has 2 aromatic heterocycles. The van der Waals surface area contributed by atoms with Crippen LogP contribution >= 0.6 is 11.6 Å². The lowest BCUT2D eigenvalue weighted by Gasteiger charge is -2.16. The van der Waals surface area contributed by atoms with Gasteiger partial charge in [-0.1, -0.05) is 29.8 Å². The minimum Gasteiger partial charge on any atom is -0.361 e. The number of carbonyl (C=O) groups excluding carboxylic acids is 2. The van der Waals surface area contributed by atoms with E-state index in [9.17, 15) is 9.59 Å². The summed E-state index contributed by atoms with van der Waals surface area (Å²) < 4.78 is 0. The third kappa shape index (κ3) is 3.77. The van der Waals surface area contributed by atoms with Crippen LogP contribution in [0, 0.1) is 0 Å². The maximum absolute atomic E-state index is 12.4. The van der Waals surface area contributed by atoms with Crippen LogP contribution in [0.2, 0.25) is 5.02 Å². The van der Waals surface area contributed by atoms with E-state index in [1.807, 2.05) is 29.2 Å². The van der Waals surface area contributed by atoms with Gasteiger partial charge in [0.15, 0.2) is 5.69 Å². The van der Waals surface area contributed by atoms with Crippen molar-refractivity contribution in [1.82, 2.24) is 25.8 Å². The number of aromatic nitrogens is 3. The fourth-order valence-corrected chi connectivity index (χ4v) is 3.44. The first-order valence-corrected chi connectivity index (χ1v) is 9.41. The van der Waals surface area contributed by atoms with Crippen molar-refractivity contribution in [1.29, 1.82) is 0 Å². The van der Waals surface area contributed by atoms with E-state index in [2.05, 4.69) is 25.8 Å². The second-order valence-electron chi connectivity index (χ2n) is 6.60.